The number of halogens is 3. The van der Waals surface area contributed by atoms with E-state index in [1.165, 1.54) is 0 Å². The number of rotatable bonds is 3. The largest absolute Gasteiger partial charge is 0.486 e. The van der Waals surface area contributed by atoms with E-state index < -0.39 is 17.6 Å². The molecule has 0 aliphatic carbocycles. The van der Waals surface area contributed by atoms with Crippen LogP contribution in [0.5, 0.6) is 11.5 Å². The van der Waals surface area contributed by atoms with Crippen molar-refractivity contribution in [3.63, 3.8) is 0 Å². The van der Waals surface area contributed by atoms with Gasteiger partial charge in [0, 0.05) is 17.3 Å². The van der Waals surface area contributed by atoms with Gasteiger partial charge >= 0.3 is 6.18 Å². The van der Waals surface area contributed by atoms with Crippen LogP contribution in [0.3, 0.4) is 0 Å². The van der Waals surface area contributed by atoms with Gasteiger partial charge < -0.3 is 20.5 Å². The van der Waals surface area contributed by atoms with E-state index in [1.54, 1.807) is 18.2 Å². The van der Waals surface area contributed by atoms with E-state index in [-0.39, 0.29) is 17.5 Å². The van der Waals surface area contributed by atoms with Crippen molar-refractivity contribution in [3.05, 3.63) is 53.6 Å². The monoisotopic (exact) mass is 405 g/mol. The summed E-state index contributed by atoms with van der Waals surface area (Å²) in [7, 11) is 0. The molecule has 11 heteroatoms. The zero-order valence-electron chi connectivity index (χ0n) is 14.7. The summed E-state index contributed by atoms with van der Waals surface area (Å²) in [4.78, 5) is 16.5. The molecule has 0 fully saturated rings. The topological polar surface area (TPSA) is 104 Å². The minimum absolute atomic E-state index is 0.0134. The number of ether oxygens (including phenoxy) is 2. The number of nitrogen functional groups attached to an aromatic ring is 1. The summed E-state index contributed by atoms with van der Waals surface area (Å²) >= 11 is 0. The molecule has 8 nitrogen and oxygen atoms in total. The van der Waals surface area contributed by atoms with Crippen LogP contribution >= 0.6 is 0 Å². The Morgan fingerprint density at radius 1 is 1.07 bits per heavy atom. The molecular weight excluding hydrogens is 391 g/mol. The molecule has 0 unspecified atom stereocenters. The quantitative estimate of drug-likeness (QED) is 0.690. The number of hydrogen-bond acceptors (Lipinski definition) is 7. The molecule has 29 heavy (non-hydrogen) atoms. The molecular formula is C18H14F3N5O3. The fourth-order valence-corrected chi connectivity index (χ4v) is 2.70. The van der Waals surface area contributed by atoms with Crippen LogP contribution in [-0.4, -0.2) is 33.9 Å². The normalized spacial score (nSPS) is 13.2. The summed E-state index contributed by atoms with van der Waals surface area (Å²) in [6.45, 7) is 0.895. The summed E-state index contributed by atoms with van der Waals surface area (Å²) < 4.78 is 49.7. The Morgan fingerprint density at radius 2 is 1.76 bits per heavy atom. The molecule has 1 aliphatic rings. The Bertz CT molecular complexity index is 1060. The summed E-state index contributed by atoms with van der Waals surface area (Å²) in [5, 5.41) is 6.88. The van der Waals surface area contributed by atoms with Gasteiger partial charge in [0.25, 0.3) is 5.91 Å². The van der Waals surface area contributed by atoms with Gasteiger partial charge in [0.1, 0.15) is 13.2 Å². The number of hydrogen-bond donors (Lipinski definition) is 2. The first-order valence-corrected chi connectivity index (χ1v) is 8.42. The number of aromatic nitrogens is 3. The number of benzene rings is 2. The van der Waals surface area contributed by atoms with Crippen LogP contribution in [0.2, 0.25) is 0 Å². The minimum atomic E-state index is -4.49. The Kier molecular flexibility index (Phi) is 4.49. The van der Waals surface area contributed by atoms with E-state index in [1.807, 2.05) is 0 Å². The average Bonchev–Trinajstić information content (AvgIpc) is 3.06. The summed E-state index contributed by atoms with van der Waals surface area (Å²) in [5.41, 5.74) is 5.45. The van der Waals surface area contributed by atoms with Gasteiger partial charge in [0.05, 0.1) is 5.56 Å². The smallest absolute Gasteiger partial charge is 0.416 e. The highest BCUT2D eigenvalue weighted by Crippen LogP contribution is 2.33. The first-order valence-electron chi connectivity index (χ1n) is 8.42. The lowest BCUT2D eigenvalue weighted by Crippen LogP contribution is -2.17. The van der Waals surface area contributed by atoms with E-state index >= 15 is 0 Å². The van der Waals surface area contributed by atoms with Crippen LogP contribution in [0.15, 0.2) is 42.5 Å². The van der Waals surface area contributed by atoms with Crippen LogP contribution in [-0.2, 0) is 6.18 Å². The van der Waals surface area contributed by atoms with Gasteiger partial charge in [-0.3, -0.25) is 4.79 Å². The van der Waals surface area contributed by atoms with Gasteiger partial charge in [0.15, 0.2) is 11.5 Å². The Hall–Kier alpha value is -3.76. The zero-order valence-corrected chi connectivity index (χ0v) is 14.7. The predicted molar refractivity (Wildman–Crippen MR) is 96.3 cm³/mol. The lowest BCUT2D eigenvalue weighted by molar-refractivity contribution is -0.137. The minimum Gasteiger partial charge on any atom is -0.486 e. The third kappa shape index (κ3) is 3.79. The van der Waals surface area contributed by atoms with E-state index in [4.69, 9.17) is 15.2 Å². The lowest BCUT2D eigenvalue weighted by Gasteiger charge is -2.18. The van der Waals surface area contributed by atoms with Crippen molar-refractivity contribution in [3.8, 4) is 11.5 Å². The summed E-state index contributed by atoms with van der Waals surface area (Å²) in [6.07, 6.45) is -4.49. The maximum absolute atomic E-state index is 12.7. The van der Waals surface area contributed by atoms with E-state index in [0.717, 1.165) is 28.9 Å². The first-order chi connectivity index (χ1) is 13.8. The number of nitrogens with one attached hydrogen (secondary N) is 1. The zero-order chi connectivity index (χ0) is 20.6. The molecule has 0 bridgehead atoms. The second kappa shape index (κ2) is 7.00. The number of alkyl halides is 3. The fraction of sp³-hybridized carbons (Fsp3) is 0.167. The molecule has 0 spiro atoms. The molecule has 1 aliphatic heterocycles. The van der Waals surface area contributed by atoms with Crippen molar-refractivity contribution in [2.24, 2.45) is 0 Å². The van der Waals surface area contributed by atoms with Crippen molar-refractivity contribution in [2.75, 3.05) is 24.3 Å². The highest BCUT2D eigenvalue weighted by Gasteiger charge is 2.30. The van der Waals surface area contributed by atoms with Crippen LogP contribution in [0.4, 0.5) is 30.8 Å². The average molecular weight is 405 g/mol. The Labute approximate surface area is 162 Å². The summed E-state index contributed by atoms with van der Waals surface area (Å²) in [5.74, 6) is 0.278. The van der Waals surface area contributed by atoms with Gasteiger partial charge in [-0.25, -0.2) is 0 Å². The first kappa shape index (κ1) is 18.6. The van der Waals surface area contributed by atoms with Crippen molar-refractivity contribution >= 4 is 23.5 Å². The van der Waals surface area contributed by atoms with Crippen LogP contribution in [0.1, 0.15) is 15.9 Å². The van der Waals surface area contributed by atoms with Gasteiger partial charge in [-0.2, -0.15) is 22.8 Å². The van der Waals surface area contributed by atoms with Crippen LogP contribution in [0.25, 0.3) is 0 Å². The van der Waals surface area contributed by atoms with E-state index in [2.05, 4.69) is 15.4 Å². The molecule has 1 aromatic heterocycles. The third-order valence-corrected chi connectivity index (χ3v) is 4.08. The predicted octanol–water partition coefficient (Wildman–Crippen LogP) is 3.08. The molecule has 4 rings (SSSR count). The van der Waals surface area contributed by atoms with Gasteiger partial charge in [0.2, 0.25) is 11.9 Å². The van der Waals surface area contributed by atoms with Crippen LogP contribution < -0.4 is 20.5 Å². The number of nitrogens with two attached hydrogens (primary N) is 1. The van der Waals surface area contributed by atoms with Crippen molar-refractivity contribution in [1.82, 2.24) is 14.8 Å². The molecule has 0 radical (unpaired) electrons. The molecule has 150 valence electrons. The fourth-order valence-electron chi connectivity index (χ4n) is 2.70. The standard InChI is InChI=1S/C18H14F3N5O3/c19-18(20,21)11-3-1-10(2-4-11)15(27)26-16(22)24-17(25-26)23-12-5-6-13-14(9-12)29-8-7-28-13/h1-6,9H,7-8H2,(H3,22,23,24,25). The van der Waals surface area contributed by atoms with Gasteiger partial charge in [-0.05, 0) is 36.4 Å². The number of nitrogens with zero attached hydrogens (tertiary/aromatic N) is 3. The molecule has 0 amide bonds. The Morgan fingerprint density at radius 3 is 2.45 bits per heavy atom. The van der Waals surface area contributed by atoms with Crippen LogP contribution in [0, 0.1) is 0 Å². The maximum Gasteiger partial charge on any atom is 0.416 e. The molecule has 2 heterocycles. The number of carbonyl (C=O) groups is 1. The number of carbonyl (C=O) groups excluding carboxylic acids is 1. The van der Waals surface area contributed by atoms with Gasteiger partial charge in [-0.15, -0.1) is 5.10 Å². The SMILES string of the molecule is Nc1nc(Nc2ccc3c(c2)OCCO3)nn1C(=O)c1ccc(C(F)(F)F)cc1. The number of fused-ring (bicyclic) bond motifs is 1. The maximum atomic E-state index is 12.7. The highest BCUT2D eigenvalue weighted by molar-refractivity contribution is 5.96. The van der Waals surface area contributed by atoms with Gasteiger partial charge in [-0.1, -0.05) is 0 Å². The van der Waals surface area contributed by atoms with Crippen molar-refractivity contribution in [1.29, 1.82) is 0 Å². The molecule has 0 saturated heterocycles. The molecule has 3 aromatic rings. The lowest BCUT2D eigenvalue weighted by atomic mass is 10.1. The molecule has 0 atom stereocenters. The second-order valence-corrected chi connectivity index (χ2v) is 6.07. The highest BCUT2D eigenvalue weighted by atomic mass is 19.4. The van der Waals surface area contributed by atoms with Crippen molar-refractivity contribution in [2.45, 2.75) is 6.18 Å². The van der Waals surface area contributed by atoms with Crippen molar-refractivity contribution < 1.29 is 27.4 Å². The molecule has 3 N–H and O–H groups in total. The molecule has 0 saturated carbocycles. The van der Waals surface area contributed by atoms with E-state index in [9.17, 15) is 18.0 Å². The van der Waals surface area contributed by atoms with E-state index in [0.29, 0.717) is 30.4 Å². The second-order valence-electron chi connectivity index (χ2n) is 6.07. The Balaban J connectivity index is 1.54. The summed E-state index contributed by atoms with van der Waals surface area (Å²) in [6, 6.07) is 8.85. The third-order valence-electron chi connectivity index (χ3n) is 4.08. The molecule has 2 aromatic carbocycles. The number of anilines is 3.